The highest BCUT2D eigenvalue weighted by molar-refractivity contribution is 6.31. The van der Waals surface area contributed by atoms with Crippen LogP contribution in [0.1, 0.15) is 46.8 Å². The van der Waals surface area contributed by atoms with Gasteiger partial charge in [-0.05, 0) is 54.8 Å². The number of aromatic nitrogens is 1. The number of pyridine rings is 1. The van der Waals surface area contributed by atoms with E-state index in [0.29, 0.717) is 10.7 Å². The summed E-state index contributed by atoms with van der Waals surface area (Å²) in [6.45, 7) is 2.12. The number of hydrogen-bond donors (Lipinski definition) is 1. The molecule has 2 aromatic carbocycles. The SMILES string of the molecule is CCCCc1ccc(-n2cc(C(=O)c3cc(Cl)ccc3O)cc(C#N)c2=O)cc1. The summed E-state index contributed by atoms with van der Waals surface area (Å²) in [5.74, 6) is -0.759. The maximum Gasteiger partial charge on any atom is 0.273 e. The Kier molecular flexibility index (Phi) is 6.16. The summed E-state index contributed by atoms with van der Waals surface area (Å²) in [7, 11) is 0. The smallest absolute Gasteiger partial charge is 0.273 e. The van der Waals surface area contributed by atoms with Crippen LogP contribution in [0, 0.1) is 11.3 Å². The summed E-state index contributed by atoms with van der Waals surface area (Å²) in [6, 6.07) is 14.7. The number of carbonyl (C=O) groups excluding carboxylic acids is 1. The van der Waals surface area contributed by atoms with E-state index < -0.39 is 11.3 Å². The lowest BCUT2D eigenvalue weighted by atomic mass is 10.0. The highest BCUT2D eigenvalue weighted by Gasteiger charge is 2.18. The Balaban J connectivity index is 2.08. The number of ketones is 1. The molecule has 3 rings (SSSR count). The maximum absolute atomic E-state index is 12.9. The van der Waals surface area contributed by atoms with E-state index in [-0.39, 0.29) is 22.4 Å². The van der Waals surface area contributed by atoms with Gasteiger partial charge >= 0.3 is 0 Å². The minimum absolute atomic E-state index is 0.00139. The van der Waals surface area contributed by atoms with Crippen molar-refractivity contribution in [2.75, 3.05) is 0 Å². The van der Waals surface area contributed by atoms with E-state index in [1.807, 2.05) is 18.2 Å². The minimum atomic E-state index is -0.533. The van der Waals surface area contributed by atoms with E-state index in [9.17, 15) is 20.0 Å². The number of benzene rings is 2. The molecule has 0 radical (unpaired) electrons. The number of carbonyl (C=O) groups is 1. The van der Waals surface area contributed by atoms with Crippen LogP contribution in [-0.4, -0.2) is 15.5 Å². The summed E-state index contributed by atoms with van der Waals surface area (Å²) in [4.78, 5) is 25.6. The Hall–Kier alpha value is -3.36. The van der Waals surface area contributed by atoms with Crippen LogP contribution in [0.4, 0.5) is 0 Å². The zero-order valence-electron chi connectivity index (χ0n) is 15.9. The van der Waals surface area contributed by atoms with Crippen LogP contribution in [0.15, 0.2) is 59.5 Å². The molecule has 0 fully saturated rings. The molecule has 0 aliphatic carbocycles. The van der Waals surface area contributed by atoms with E-state index in [1.54, 1.807) is 12.1 Å². The summed E-state index contributed by atoms with van der Waals surface area (Å²) in [5.41, 5.74) is 1.14. The van der Waals surface area contributed by atoms with Crippen LogP contribution in [0.2, 0.25) is 5.02 Å². The predicted molar refractivity (Wildman–Crippen MR) is 112 cm³/mol. The number of aromatic hydroxyl groups is 1. The number of phenols is 1. The van der Waals surface area contributed by atoms with Gasteiger partial charge in [0.15, 0.2) is 5.78 Å². The molecule has 0 amide bonds. The van der Waals surface area contributed by atoms with Crippen LogP contribution in [-0.2, 0) is 6.42 Å². The van der Waals surface area contributed by atoms with Crippen molar-refractivity contribution < 1.29 is 9.90 Å². The number of aryl methyl sites for hydroxylation is 1. The molecule has 3 aromatic rings. The van der Waals surface area contributed by atoms with Crippen molar-refractivity contribution in [3.63, 3.8) is 0 Å². The van der Waals surface area contributed by atoms with Gasteiger partial charge in [0.05, 0.1) is 5.56 Å². The minimum Gasteiger partial charge on any atom is -0.507 e. The van der Waals surface area contributed by atoms with Crippen molar-refractivity contribution in [1.82, 2.24) is 4.57 Å². The van der Waals surface area contributed by atoms with Crippen LogP contribution < -0.4 is 5.56 Å². The quantitative estimate of drug-likeness (QED) is 0.604. The summed E-state index contributed by atoms with van der Waals surface area (Å²) >= 11 is 5.94. The number of phenolic OH excluding ortho intramolecular Hbond substituents is 1. The Morgan fingerprint density at radius 2 is 1.90 bits per heavy atom. The topological polar surface area (TPSA) is 83.1 Å². The first-order valence-electron chi connectivity index (χ1n) is 9.24. The lowest BCUT2D eigenvalue weighted by molar-refractivity contribution is 0.103. The number of hydrogen-bond acceptors (Lipinski definition) is 4. The normalized spacial score (nSPS) is 10.5. The Morgan fingerprint density at radius 1 is 1.17 bits per heavy atom. The van der Waals surface area contributed by atoms with Gasteiger partial charge in [0.2, 0.25) is 0 Å². The summed E-state index contributed by atoms with van der Waals surface area (Å²) in [5, 5.41) is 19.7. The molecule has 5 nitrogen and oxygen atoms in total. The number of rotatable bonds is 6. The van der Waals surface area contributed by atoms with Gasteiger partial charge in [0, 0.05) is 22.5 Å². The van der Waals surface area contributed by atoms with Crippen LogP contribution >= 0.6 is 11.6 Å². The first-order valence-corrected chi connectivity index (χ1v) is 9.61. The van der Waals surface area contributed by atoms with Crippen molar-refractivity contribution in [1.29, 1.82) is 5.26 Å². The average Bonchev–Trinajstić information content (AvgIpc) is 2.74. The van der Waals surface area contributed by atoms with Crippen molar-refractivity contribution in [3.05, 3.63) is 92.4 Å². The maximum atomic E-state index is 12.9. The van der Waals surface area contributed by atoms with Crippen molar-refractivity contribution in [2.45, 2.75) is 26.2 Å². The van der Waals surface area contributed by atoms with Gasteiger partial charge < -0.3 is 5.11 Å². The molecule has 1 N–H and O–H groups in total. The molecule has 1 heterocycles. The van der Waals surface area contributed by atoms with Gasteiger partial charge in [-0.25, -0.2) is 0 Å². The zero-order chi connectivity index (χ0) is 21.0. The van der Waals surface area contributed by atoms with E-state index in [1.165, 1.54) is 35.0 Å². The summed E-state index contributed by atoms with van der Waals surface area (Å²) < 4.78 is 1.27. The molecule has 0 spiro atoms. The van der Waals surface area contributed by atoms with Crippen LogP contribution in [0.25, 0.3) is 5.69 Å². The van der Waals surface area contributed by atoms with Gasteiger partial charge in [-0.1, -0.05) is 37.1 Å². The largest absolute Gasteiger partial charge is 0.507 e. The number of halogens is 1. The molecule has 1 aromatic heterocycles. The molecular weight excluding hydrogens is 388 g/mol. The molecular formula is C23H19ClN2O3. The predicted octanol–water partition coefficient (Wildman–Crippen LogP) is 4.64. The van der Waals surface area contributed by atoms with E-state index in [2.05, 4.69) is 6.92 Å². The fraction of sp³-hybridized carbons (Fsp3) is 0.174. The number of nitrogens with zero attached hydrogens (tertiary/aromatic N) is 2. The van der Waals surface area contributed by atoms with E-state index in [0.717, 1.165) is 24.8 Å². The highest BCUT2D eigenvalue weighted by Crippen LogP contribution is 2.24. The second-order valence-electron chi connectivity index (χ2n) is 6.69. The summed E-state index contributed by atoms with van der Waals surface area (Å²) in [6.07, 6.45) is 4.49. The number of unbranched alkanes of at least 4 members (excludes halogenated alkanes) is 1. The Morgan fingerprint density at radius 3 is 2.55 bits per heavy atom. The molecule has 0 bridgehead atoms. The standard InChI is InChI=1S/C23H19ClN2O3/c1-2-3-4-15-5-8-19(9-6-15)26-14-17(11-16(13-25)23(26)29)22(28)20-12-18(24)7-10-21(20)27/h5-12,14,27H,2-4H2,1H3. The molecule has 0 aliphatic rings. The third-order valence-corrected chi connectivity index (χ3v) is 4.87. The fourth-order valence-electron chi connectivity index (χ4n) is 3.03. The third kappa shape index (κ3) is 4.39. The molecule has 6 heteroatoms. The van der Waals surface area contributed by atoms with Gasteiger partial charge in [-0.15, -0.1) is 0 Å². The van der Waals surface area contributed by atoms with Crippen molar-refractivity contribution in [3.8, 4) is 17.5 Å². The lowest BCUT2D eigenvalue weighted by Gasteiger charge is -2.11. The van der Waals surface area contributed by atoms with Gasteiger partial charge in [0.25, 0.3) is 5.56 Å². The molecule has 0 unspecified atom stereocenters. The number of nitriles is 1. The first-order chi connectivity index (χ1) is 13.9. The molecule has 29 heavy (non-hydrogen) atoms. The lowest BCUT2D eigenvalue weighted by Crippen LogP contribution is -2.22. The Labute approximate surface area is 173 Å². The Bertz CT molecular complexity index is 1160. The van der Waals surface area contributed by atoms with E-state index in [4.69, 9.17) is 11.6 Å². The van der Waals surface area contributed by atoms with Gasteiger partial charge in [0.1, 0.15) is 17.4 Å². The molecule has 146 valence electrons. The van der Waals surface area contributed by atoms with Crippen molar-refractivity contribution in [2.24, 2.45) is 0 Å². The van der Waals surface area contributed by atoms with Crippen LogP contribution in [0.5, 0.6) is 5.75 Å². The molecule has 0 saturated carbocycles. The van der Waals surface area contributed by atoms with Gasteiger partial charge in [-0.2, -0.15) is 5.26 Å². The van der Waals surface area contributed by atoms with Gasteiger partial charge in [-0.3, -0.25) is 14.2 Å². The fourth-order valence-corrected chi connectivity index (χ4v) is 3.20. The second-order valence-corrected chi connectivity index (χ2v) is 7.13. The molecule has 0 saturated heterocycles. The molecule has 0 atom stereocenters. The zero-order valence-corrected chi connectivity index (χ0v) is 16.6. The van der Waals surface area contributed by atoms with E-state index >= 15 is 0 Å². The third-order valence-electron chi connectivity index (χ3n) is 4.64. The average molecular weight is 407 g/mol. The highest BCUT2D eigenvalue weighted by atomic mass is 35.5. The van der Waals surface area contributed by atoms with Crippen molar-refractivity contribution >= 4 is 17.4 Å². The van der Waals surface area contributed by atoms with Crippen LogP contribution in [0.3, 0.4) is 0 Å². The molecule has 0 aliphatic heterocycles. The first kappa shape index (κ1) is 20.4. The second kappa shape index (κ2) is 8.76. The monoisotopic (exact) mass is 406 g/mol.